The van der Waals surface area contributed by atoms with Crippen LogP contribution in [0.2, 0.25) is 0 Å². The molecule has 1 aliphatic rings. The van der Waals surface area contributed by atoms with E-state index in [-0.39, 0.29) is 6.10 Å². The van der Waals surface area contributed by atoms with Gasteiger partial charge in [-0.15, -0.1) is 0 Å². The first-order valence-corrected chi connectivity index (χ1v) is 4.25. The molecule has 0 aliphatic carbocycles. The Kier molecular flexibility index (Phi) is 3.08. The second-order valence-corrected chi connectivity index (χ2v) is 3.19. The average Bonchev–Trinajstić information content (AvgIpc) is 2.30. The van der Waals surface area contributed by atoms with Gasteiger partial charge in [0, 0.05) is 6.54 Å². The number of likely N-dealkylation sites (tertiary alicyclic amines) is 1. The zero-order valence-electron chi connectivity index (χ0n) is 6.16. The minimum atomic E-state index is -0.799. The van der Waals surface area contributed by atoms with Crippen molar-refractivity contribution in [3.8, 4) is 0 Å². The summed E-state index contributed by atoms with van der Waals surface area (Å²) in [7, 11) is 1.80. The van der Waals surface area contributed by atoms with E-state index >= 15 is 0 Å². The van der Waals surface area contributed by atoms with Gasteiger partial charge in [0.2, 0.25) is 0 Å². The minimum Gasteiger partial charge on any atom is -0.480 e. The molecule has 5 heteroatoms. The SMILES string of the molecule is CN1CC[C@@H](OI)[C@H]1C(=O)O. The quantitative estimate of drug-likeness (QED) is 0.743. The van der Waals surface area contributed by atoms with Crippen LogP contribution in [0.3, 0.4) is 0 Å². The monoisotopic (exact) mass is 271 g/mol. The Labute approximate surface area is 79.2 Å². The molecule has 4 nitrogen and oxygen atoms in total. The molecule has 0 aromatic carbocycles. The Bertz CT molecular complexity index is 164. The number of hydrogen-bond donors (Lipinski definition) is 1. The lowest BCUT2D eigenvalue weighted by Crippen LogP contribution is -2.39. The summed E-state index contributed by atoms with van der Waals surface area (Å²) in [4.78, 5) is 12.5. The first-order chi connectivity index (χ1) is 5.16. The zero-order valence-corrected chi connectivity index (χ0v) is 8.32. The van der Waals surface area contributed by atoms with E-state index in [2.05, 4.69) is 0 Å². The van der Waals surface area contributed by atoms with Gasteiger partial charge in [-0.3, -0.25) is 9.69 Å². The lowest BCUT2D eigenvalue weighted by Gasteiger charge is -2.17. The second-order valence-electron chi connectivity index (χ2n) is 2.68. The number of carboxylic acid groups (broad SMARTS) is 1. The highest BCUT2D eigenvalue weighted by molar-refractivity contribution is 14.1. The van der Waals surface area contributed by atoms with Gasteiger partial charge < -0.3 is 8.17 Å². The first-order valence-electron chi connectivity index (χ1n) is 3.37. The number of carbonyl (C=O) groups is 1. The van der Waals surface area contributed by atoms with Crippen molar-refractivity contribution in [1.82, 2.24) is 4.90 Å². The van der Waals surface area contributed by atoms with Crippen molar-refractivity contribution < 1.29 is 13.0 Å². The lowest BCUT2D eigenvalue weighted by molar-refractivity contribution is -0.143. The third kappa shape index (κ3) is 1.83. The van der Waals surface area contributed by atoms with Gasteiger partial charge in [-0.05, 0) is 13.5 Å². The van der Waals surface area contributed by atoms with Crippen LogP contribution in [0.5, 0.6) is 0 Å². The Morgan fingerprint density at radius 3 is 2.82 bits per heavy atom. The van der Waals surface area contributed by atoms with Gasteiger partial charge in [0.1, 0.15) is 29.0 Å². The number of nitrogens with zero attached hydrogens (tertiary/aromatic N) is 1. The molecule has 0 aromatic heterocycles. The molecular formula is C6H10INO3. The van der Waals surface area contributed by atoms with Crippen LogP contribution in [0, 0.1) is 0 Å². The third-order valence-electron chi connectivity index (χ3n) is 1.96. The van der Waals surface area contributed by atoms with Crippen LogP contribution in [-0.4, -0.2) is 41.7 Å². The average molecular weight is 271 g/mol. The van der Waals surface area contributed by atoms with Gasteiger partial charge in [0.25, 0.3) is 0 Å². The highest BCUT2D eigenvalue weighted by Gasteiger charge is 2.37. The molecule has 1 aliphatic heterocycles. The largest absolute Gasteiger partial charge is 0.480 e. The van der Waals surface area contributed by atoms with Crippen LogP contribution in [0.15, 0.2) is 0 Å². The minimum absolute atomic E-state index is 0.155. The summed E-state index contributed by atoms with van der Waals surface area (Å²) < 4.78 is 5.00. The van der Waals surface area contributed by atoms with Gasteiger partial charge in [-0.25, -0.2) is 0 Å². The summed E-state index contributed by atoms with van der Waals surface area (Å²) in [5.74, 6) is -0.799. The van der Waals surface area contributed by atoms with Gasteiger partial charge >= 0.3 is 5.97 Å². The molecule has 0 spiro atoms. The van der Waals surface area contributed by atoms with Crippen molar-refractivity contribution in [2.45, 2.75) is 18.6 Å². The lowest BCUT2D eigenvalue weighted by atomic mass is 10.2. The van der Waals surface area contributed by atoms with Gasteiger partial charge in [-0.2, -0.15) is 0 Å². The van der Waals surface area contributed by atoms with Crippen LogP contribution < -0.4 is 0 Å². The maximum Gasteiger partial charge on any atom is 0.323 e. The van der Waals surface area contributed by atoms with Crippen molar-refractivity contribution in [1.29, 1.82) is 0 Å². The molecule has 1 fully saturated rings. The molecule has 0 saturated carbocycles. The van der Waals surface area contributed by atoms with Crippen LogP contribution in [0.25, 0.3) is 0 Å². The smallest absolute Gasteiger partial charge is 0.323 e. The molecule has 11 heavy (non-hydrogen) atoms. The number of hydrogen-bond acceptors (Lipinski definition) is 3. The number of carboxylic acids is 1. The molecule has 64 valence electrons. The second kappa shape index (κ2) is 3.68. The molecule has 0 radical (unpaired) electrons. The maximum absolute atomic E-state index is 10.7. The molecular weight excluding hydrogens is 261 g/mol. The fraction of sp³-hybridized carbons (Fsp3) is 0.833. The van der Waals surface area contributed by atoms with Gasteiger partial charge in [0.15, 0.2) is 0 Å². The topological polar surface area (TPSA) is 49.8 Å². The first kappa shape index (κ1) is 9.21. The van der Waals surface area contributed by atoms with E-state index in [0.29, 0.717) is 0 Å². The Morgan fingerprint density at radius 1 is 1.82 bits per heavy atom. The van der Waals surface area contributed by atoms with E-state index in [0.717, 1.165) is 13.0 Å². The van der Waals surface area contributed by atoms with Crippen LogP contribution in [0.4, 0.5) is 0 Å². The van der Waals surface area contributed by atoms with Crippen molar-refractivity contribution in [2.24, 2.45) is 0 Å². The molecule has 1 heterocycles. The predicted octanol–water partition coefficient (Wildman–Crippen LogP) is 0.510. The fourth-order valence-corrected chi connectivity index (χ4v) is 1.88. The molecule has 1 N–H and O–H groups in total. The number of aliphatic carboxylic acids is 1. The van der Waals surface area contributed by atoms with Crippen LogP contribution >= 0.6 is 23.0 Å². The summed E-state index contributed by atoms with van der Waals surface area (Å²) in [6.07, 6.45) is 0.647. The third-order valence-corrected chi connectivity index (χ3v) is 2.61. The molecule has 0 bridgehead atoms. The van der Waals surface area contributed by atoms with Crippen molar-refractivity contribution in [3.05, 3.63) is 0 Å². The number of likely N-dealkylation sites (N-methyl/N-ethyl adjacent to an activating group) is 1. The molecule has 1 rings (SSSR count). The number of rotatable bonds is 2. The standard InChI is InChI=1S/C6H10INO3/c1-8-3-2-4(11-7)5(8)6(9)10/h4-5H,2-3H2,1H3,(H,9,10)/t4-,5+/m1/s1. The van der Waals surface area contributed by atoms with E-state index in [1.54, 1.807) is 35.0 Å². The number of halogens is 1. The Morgan fingerprint density at radius 2 is 2.45 bits per heavy atom. The Balaban J connectivity index is 2.63. The predicted molar refractivity (Wildman–Crippen MR) is 47.6 cm³/mol. The fourth-order valence-electron chi connectivity index (χ4n) is 1.35. The molecule has 0 unspecified atom stereocenters. The summed E-state index contributed by atoms with van der Waals surface area (Å²) in [6, 6.07) is -0.466. The van der Waals surface area contributed by atoms with Crippen molar-refractivity contribution in [3.63, 3.8) is 0 Å². The maximum atomic E-state index is 10.7. The summed E-state index contributed by atoms with van der Waals surface area (Å²) in [5, 5.41) is 8.76. The summed E-state index contributed by atoms with van der Waals surface area (Å²) in [6.45, 7) is 0.796. The normalized spacial score (nSPS) is 32.5. The van der Waals surface area contributed by atoms with E-state index in [4.69, 9.17) is 8.17 Å². The summed E-state index contributed by atoms with van der Waals surface area (Å²) in [5.41, 5.74) is 0. The van der Waals surface area contributed by atoms with Crippen molar-refractivity contribution in [2.75, 3.05) is 13.6 Å². The van der Waals surface area contributed by atoms with Crippen LogP contribution in [-0.2, 0) is 7.86 Å². The summed E-state index contributed by atoms with van der Waals surface area (Å²) >= 11 is 1.76. The Hall–Kier alpha value is 0.120. The zero-order chi connectivity index (χ0) is 8.43. The van der Waals surface area contributed by atoms with E-state index in [9.17, 15) is 4.79 Å². The van der Waals surface area contributed by atoms with E-state index in [1.807, 2.05) is 0 Å². The highest BCUT2D eigenvalue weighted by atomic mass is 127. The van der Waals surface area contributed by atoms with Crippen molar-refractivity contribution >= 4 is 29.0 Å². The molecule has 2 atom stereocenters. The van der Waals surface area contributed by atoms with Gasteiger partial charge in [0.05, 0.1) is 6.10 Å². The highest BCUT2D eigenvalue weighted by Crippen LogP contribution is 2.21. The van der Waals surface area contributed by atoms with Crippen LogP contribution in [0.1, 0.15) is 6.42 Å². The molecule has 1 saturated heterocycles. The van der Waals surface area contributed by atoms with Gasteiger partial charge in [-0.1, -0.05) is 0 Å². The van der Waals surface area contributed by atoms with E-state index < -0.39 is 12.0 Å². The molecule has 0 amide bonds. The van der Waals surface area contributed by atoms with E-state index in [1.165, 1.54) is 0 Å². The molecule has 0 aromatic rings.